The lowest BCUT2D eigenvalue weighted by Gasteiger charge is -2.40. The van der Waals surface area contributed by atoms with Crippen molar-refractivity contribution in [3.63, 3.8) is 0 Å². The number of sulfonamides is 1. The Balaban J connectivity index is 1.72. The molecule has 2 bridgehead atoms. The zero-order chi connectivity index (χ0) is 24.5. The third-order valence-corrected chi connectivity index (χ3v) is 8.58. The molecule has 1 aromatic carbocycles. The highest BCUT2D eigenvalue weighted by Gasteiger charge is 2.49. The van der Waals surface area contributed by atoms with E-state index in [1.807, 2.05) is 18.2 Å². The molecule has 0 unspecified atom stereocenters. The molecule has 0 saturated carbocycles. The number of nitrogens with one attached hydrogen (secondary N) is 1. The van der Waals surface area contributed by atoms with Crippen molar-refractivity contribution in [2.45, 2.75) is 49.7 Å². The minimum absolute atomic E-state index is 0.0164. The van der Waals surface area contributed by atoms with E-state index < -0.39 is 22.1 Å². The number of hydrogen-bond acceptors (Lipinski definition) is 5. The molecule has 180 valence electrons. The van der Waals surface area contributed by atoms with Crippen LogP contribution >= 0.6 is 11.6 Å². The van der Waals surface area contributed by atoms with Crippen LogP contribution in [0.3, 0.4) is 0 Å². The zero-order valence-corrected chi connectivity index (χ0v) is 20.4. The summed E-state index contributed by atoms with van der Waals surface area (Å²) in [5, 5.41) is 2.68. The molecule has 0 aliphatic carbocycles. The van der Waals surface area contributed by atoms with Crippen molar-refractivity contribution >= 4 is 39.1 Å². The van der Waals surface area contributed by atoms with Gasteiger partial charge in [0, 0.05) is 31.6 Å². The summed E-state index contributed by atoms with van der Waals surface area (Å²) >= 11 is 6.27. The summed E-state index contributed by atoms with van der Waals surface area (Å²) in [5.41, 5.74) is 1.07. The molecule has 4 rings (SSSR count). The van der Waals surface area contributed by atoms with E-state index in [2.05, 4.69) is 16.9 Å². The van der Waals surface area contributed by atoms with Crippen molar-refractivity contribution in [3.05, 3.63) is 66.0 Å². The lowest BCUT2D eigenvalue weighted by atomic mass is 9.90. The topological polar surface area (TPSA) is 99.7 Å². The molecule has 2 amide bonds. The molecule has 2 saturated heterocycles. The molecule has 3 atom stereocenters. The lowest BCUT2D eigenvalue weighted by molar-refractivity contribution is -0.135. The van der Waals surface area contributed by atoms with Gasteiger partial charge < -0.3 is 10.2 Å². The summed E-state index contributed by atoms with van der Waals surface area (Å²) in [6.07, 6.45) is 5.24. The maximum Gasteiger partial charge on any atom is 0.244 e. The first-order valence-corrected chi connectivity index (χ1v) is 13.0. The molecule has 10 heteroatoms. The number of carbonyl (C=O) groups is 2. The van der Waals surface area contributed by atoms with Crippen molar-refractivity contribution in [1.82, 2.24) is 14.2 Å². The summed E-state index contributed by atoms with van der Waals surface area (Å²) in [6, 6.07) is 8.50. The maximum absolute atomic E-state index is 13.9. The highest BCUT2D eigenvalue weighted by molar-refractivity contribution is 7.89. The normalized spacial score (nSPS) is 23.3. The summed E-state index contributed by atoms with van der Waals surface area (Å²) in [6.45, 7) is 5.96. The average Bonchev–Trinajstić information content (AvgIpc) is 2.88. The minimum Gasteiger partial charge on any atom is -0.335 e. The zero-order valence-electron chi connectivity index (χ0n) is 18.9. The number of nitrogens with zero attached hydrogens (tertiary/aromatic N) is 3. The number of amides is 2. The van der Waals surface area contributed by atoms with Crippen molar-refractivity contribution in [3.8, 4) is 0 Å². The first kappa shape index (κ1) is 24.4. The average molecular weight is 503 g/mol. The summed E-state index contributed by atoms with van der Waals surface area (Å²) in [5.74, 6) is -0.780. The third kappa shape index (κ3) is 4.73. The third-order valence-electron chi connectivity index (χ3n) is 6.34. The first-order valence-electron chi connectivity index (χ1n) is 11.1. The molecular weight excluding hydrogens is 476 g/mol. The Morgan fingerprint density at radius 1 is 1.29 bits per heavy atom. The van der Waals surface area contributed by atoms with Gasteiger partial charge in [-0.15, -0.1) is 6.58 Å². The van der Waals surface area contributed by atoms with Gasteiger partial charge in [-0.2, -0.15) is 4.31 Å². The Kier molecular flexibility index (Phi) is 7.06. The van der Waals surface area contributed by atoms with Gasteiger partial charge in [0.05, 0.1) is 27.8 Å². The van der Waals surface area contributed by atoms with Gasteiger partial charge in [0.2, 0.25) is 21.8 Å². The van der Waals surface area contributed by atoms with E-state index in [9.17, 15) is 18.0 Å². The quantitative estimate of drug-likeness (QED) is 0.610. The van der Waals surface area contributed by atoms with Crippen LogP contribution in [0.4, 0.5) is 5.69 Å². The predicted molar refractivity (Wildman–Crippen MR) is 130 cm³/mol. The first-order chi connectivity index (χ1) is 16.2. The second kappa shape index (κ2) is 9.85. The van der Waals surface area contributed by atoms with Gasteiger partial charge >= 0.3 is 0 Å². The highest BCUT2D eigenvalue weighted by atomic mass is 35.5. The van der Waals surface area contributed by atoms with Crippen molar-refractivity contribution in [2.24, 2.45) is 5.92 Å². The predicted octanol–water partition coefficient (Wildman–Crippen LogP) is 3.45. The molecule has 2 aliphatic rings. The summed E-state index contributed by atoms with van der Waals surface area (Å²) in [7, 11) is -4.06. The fourth-order valence-electron chi connectivity index (χ4n) is 4.79. The molecule has 0 radical (unpaired) electrons. The molecule has 1 N–H and O–H groups in total. The Hall–Kier alpha value is -2.75. The lowest BCUT2D eigenvalue weighted by Crippen LogP contribution is -2.54. The maximum atomic E-state index is 13.9. The Labute approximate surface area is 204 Å². The molecule has 0 spiro atoms. The number of rotatable bonds is 6. The molecule has 8 nitrogen and oxygen atoms in total. The van der Waals surface area contributed by atoms with Crippen LogP contribution in [0, 0.1) is 5.92 Å². The number of carbonyl (C=O) groups excluding carboxylic acids is 2. The number of halogens is 1. The molecule has 2 fully saturated rings. The number of hydrogen-bond donors (Lipinski definition) is 1. The fourth-order valence-corrected chi connectivity index (χ4v) is 6.99. The minimum atomic E-state index is -4.06. The van der Waals surface area contributed by atoms with Crippen molar-refractivity contribution in [2.75, 3.05) is 11.9 Å². The summed E-state index contributed by atoms with van der Waals surface area (Å²) < 4.78 is 29.1. The van der Waals surface area contributed by atoms with Crippen molar-refractivity contribution in [1.29, 1.82) is 0 Å². The van der Waals surface area contributed by atoms with Crippen LogP contribution in [0.5, 0.6) is 0 Å². The van der Waals surface area contributed by atoms with Gasteiger partial charge in [-0.05, 0) is 49.6 Å². The van der Waals surface area contributed by atoms with E-state index in [1.165, 1.54) is 29.4 Å². The molecule has 1 aromatic heterocycles. The molecular formula is C24H27ClN4O4S. The van der Waals surface area contributed by atoms with Crippen LogP contribution in [-0.2, 0) is 26.2 Å². The van der Waals surface area contributed by atoms with E-state index in [4.69, 9.17) is 11.6 Å². The van der Waals surface area contributed by atoms with Gasteiger partial charge in [0.25, 0.3) is 0 Å². The Bertz CT molecular complexity index is 1200. The standard InChI is InChI=1S/C24H27ClN4O4S/c1-3-17-14-28(15-18-7-4-5-12-26-18)24(31)23-9-6-8-22(17)29(23)34(32,33)19-10-11-21(20(25)13-19)27-16(2)30/h3-5,7,10-13,17,22-23H,1,6,8-9,14-15H2,2H3,(H,27,30)/t17-,22-,23+/m1/s1. The highest BCUT2D eigenvalue weighted by Crippen LogP contribution is 2.38. The Morgan fingerprint density at radius 3 is 2.74 bits per heavy atom. The van der Waals surface area contributed by atoms with E-state index >= 15 is 0 Å². The fraction of sp³-hybridized carbons (Fsp3) is 0.375. The SMILES string of the molecule is C=C[C@@H]1CN(Cc2ccccn2)C(=O)[C@@H]2CCC[C@H]1N2S(=O)(=O)c1ccc(NC(C)=O)c(Cl)c1. The second-order valence-corrected chi connectivity index (χ2v) is 10.9. The van der Waals surface area contributed by atoms with Gasteiger partial charge in [0.1, 0.15) is 6.04 Å². The van der Waals surface area contributed by atoms with Crippen LogP contribution in [0.25, 0.3) is 0 Å². The number of benzene rings is 1. The van der Waals surface area contributed by atoms with E-state index in [-0.39, 0.29) is 27.7 Å². The second-order valence-electron chi connectivity index (χ2n) is 8.61. The van der Waals surface area contributed by atoms with E-state index in [1.54, 1.807) is 17.2 Å². The number of anilines is 1. The number of aromatic nitrogens is 1. The molecule has 2 aliphatic heterocycles. The van der Waals surface area contributed by atoms with Crippen LogP contribution in [0.2, 0.25) is 5.02 Å². The Morgan fingerprint density at radius 2 is 2.09 bits per heavy atom. The smallest absolute Gasteiger partial charge is 0.244 e. The number of fused-ring (bicyclic) bond motifs is 2. The van der Waals surface area contributed by atoms with E-state index in [0.717, 1.165) is 12.1 Å². The number of pyridine rings is 1. The van der Waals surface area contributed by atoms with E-state index in [0.29, 0.717) is 31.6 Å². The van der Waals surface area contributed by atoms with Gasteiger partial charge in [-0.3, -0.25) is 14.6 Å². The largest absolute Gasteiger partial charge is 0.335 e. The molecule has 3 heterocycles. The van der Waals surface area contributed by atoms with Gasteiger partial charge in [-0.1, -0.05) is 23.7 Å². The monoisotopic (exact) mass is 502 g/mol. The van der Waals surface area contributed by atoms with Crippen molar-refractivity contribution < 1.29 is 18.0 Å². The van der Waals surface area contributed by atoms with Crippen LogP contribution in [0.1, 0.15) is 31.9 Å². The molecule has 2 aromatic rings. The van der Waals surface area contributed by atoms with Gasteiger partial charge in [0.15, 0.2) is 0 Å². The van der Waals surface area contributed by atoms with Crippen LogP contribution in [-0.4, -0.2) is 53.0 Å². The number of piperidine rings is 1. The van der Waals surface area contributed by atoms with Crippen LogP contribution in [0.15, 0.2) is 60.1 Å². The van der Waals surface area contributed by atoms with Gasteiger partial charge in [-0.25, -0.2) is 8.42 Å². The van der Waals surface area contributed by atoms with Crippen LogP contribution < -0.4 is 5.32 Å². The molecule has 34 heavy (non-hydrogen) atoms. The summed E-state index contributed by atoms with van der Waals surface area (Å²) in [4.78, 5) is 31.0.